The second-order valence-electron chi connectivity index (χ2n) is 3.60. The second-order valence-corrected chi connectivity index (χ2v) is 3.60. The molecule has 0 aliphatic carbocycles. The molecule has 0 unspecified atom stereocenters. The van der Waals surface area contributed by atoms with Crippen molar-refractivity contribution < 1.29 is 19.0 Å². The summed E-state index contributed by atoms with van der Waals surface area (Å²) in [5.41, 5.74) is 0.930. The first-order valence-corrected chi connectivity index (χ1v) is 4.87. The van der Waals surface area contributed by atoms with Gasteiger partial charge >= 0.3 is 5.97 Å². The van der Waals surface area contributed by atoms with Crippen LogP contribution in [0.1, 0.15) is 11.9 Å². The summed E-state index contributed by atoms with van der Waals surface area (Å²) in [6.45, 7) is 0.298. The molecule has 2 aliphatic heterocycles. The molecule has 3 rings (SSSR count). The molecular formula is C11H10O4. The van der Waals surface area contributed by atoms with Crippen molar-refractivity contribution in [3.05, 3.63) is 35.9 Å². The lowest BCUT2D eigenvalue weighted by molar-refractivity contribution is -0.156. The normalized spacial score (nSPS) is 33.9. The Morgan fingerprint density at radius 3 is 2.67 bits per heavy atom. The number of carbonyl (C=O) groups is 1. The molecule has 0 radical (unpaired) electrons. The fourth-order valence-electron chi connectivity index (χ4n) is 1.83. The number of ether oxygens (including phenoxy) is 3. The Morgan fingerprint density at radius 1 is 1.13 bits per heavy atom. The number of benzene rings is 1. The van der Waals surface area contributed by atoms with Crippen LogP contribution >= 0.6 is 0 Å². The van der Waals surface area contributed by atoms with Gasteiger partial charge in [0.1, 0.15) is 12.7 Å². The van der Waals surface area contributed by atoms with E-state index in [0.717, 1.165) is 5.56 Å². The highest BCUT2D eigenvalue weighted by Crippen LogP contribution is 2.34. The lowest BCUT2D eigenvalue weighted by Crippen LogP contribution is -2.22. The van der Waals surface area contributed by atoms with Crippen LogP contribution in [0, 0.1) is 0 Å². The SMILES string of the molecule is O=C1OC[C@H]2O[C@H](c3ccccc3)O[C@@H]12. The van der Waals surface area contributed by atoms with Crippen molar-refractivity contribution in [1.29, 1.82) is 0 Å². The third-order valence-electron chi connectivity index (χ3n) is 2.60. The molecule has 4 nitrogen and oxygen atoms in total. The molecule has 1 aromatic carbocycles. The van der Waals surface area contributed by atoms with E-state index in [4.69, 9.17) is 14.2 Å². The van der Waals surface area contributed by atoms with Crippen LogP contribution in [0.2, 0.25) is 0 Å². The van der Waals surface area contributed by atoms with Crippen LogP contribution in [0.25, 0.3) is 0 Å². The van der Waals surface area contributed by atoms with Crippen molar-refractivity contribution in [3.63, 3.8) is 0 Å². The van der Waals surface area contributed by atoms with E-state index in [1.165, 1.54) is 0 Å². The van der Waals surface area contributed by atoms with Gasteiger partial charge in [0.05, 0.1) is 0 Å². The summed E-state index contributed by atoms with van der Waals surface area (Å²) in [5, 5.41) is 0. The van der Waals surface area contributed by atoms with Crippen LogP contribution in [-0.4, -0.2) is 24.8 Å². The molecule has 0 N–H and O–H groups in total. The summed E-state index contributed by atoms with van der Waals surface area (Å²) in [6, 6.07) is 9.57. The Hall–Kier alpha value is -1.39. The molecule has 3 atom stereocenters. The fourth-order valence-corrected chi connectivity index (χ4v) is 1.83. The maximum Gasteiger partial charge on any atom is 0.338 e. The van der Waals surface area contributed by atoms with Gasteiger partial charge in [-0.05, 0) is 0 Å². The number of hydrogen-bond acceptors (Lipinski definition) is 4. The molecule has 2 heterocycles. The highest BCUT2D eigenvalue weighted by atomic mass is 16.8. The average molecular weight is 206 g/mol. The van der Waals surface area contributed by atoms with E-state index in [9.17, 15) is 4.79 Å². The van der Waals surface area contributed by atoms with E-state index < -0.39 is 12.4 Å². The standard InChI is InChI=1S/C11H10O4/c12-10-9-8(6-13-10)14-11(15-9)7-4-2-1-3-5-7/h1-5,8-9,11H,6H2/t8-,9-,11+/m1/s1. The zero-order chi connectivity index (χ0) is 10.3. The number of hydrogen-bond donors (Lipinski definition) is 0. The summed E-state index contributed by atoms with van der Waals surface area (Å²) >= 11 is 0. The van der Waals surface area contributed by atoms with Crippen molar-refractivity contribution >= 4 is 5.97 Å². The zero-order valence-corrected chi connectivity index (χ0v) is 7.96. The molecular weight excluding hydrogens is 196 g/mol. The monoisotopic (exact) mass is 206 g/mol. The smallest absolute Gasteiger partial charge is 0.338 e. The Bertz CT molecular complexity index is 375. The molecule has 0 saturated carbocycles. The van der Waals surface area contributed by atoms with Gasteiger partial charge in [0.15, 0.2) is 12.4 Å². The van der Waals surface area contributed by atoms with Gasteiger partial charge in [0, 0.05) is 5.56 Å². The maximum atomic E-state index is 11.2. The Labute approximate surface area is 86.7 Å². The van der Waals surface area contributed by atoms with Gasteiger partial charge in [-0.25, -0.2) is 4.79 Å². The summed E-state index contributed by atoms with van der Waals surface area (Å²) in [7, 11) is 0. The molecule has 2 saturated heterocycles. The maximum absolute atomic E-state index is 11.2. The van der Waals surface area contributed by atoms with Crippen LogP contribution in [0.15, 0.2) is 30.3 Å². The molecule has 2 fully saturated rings. The Kier molecular flexibility index (Phi) is 1.97. The molecule has 0 bridgehead atoms. The Morgan fingerprint density at radius 2 is 1.93 bits per heavy atom. The van der Waals surface area contributed by atoms with Gasteiger partial charge in [-0.1, -0.05) is 30.3 Å². The van der Waals surface area contributed by atoms with E-state index in [-0.39, 0.29) is 12.1 Å². The van der Waals surface area contributed by atoms with E-state index >= 15 is 0 Å². The van der Waals surface area contributed by atoms with E-state index in [0.29, 0.717) is 6.61 Å². The summed E-state index contributed by atoms with van der Waals surface area (Å²) in [6.07, 6.45) is -1.23. The first kappa shape index (κ1) is 8.88. The highest BCUT2D eigenvalue weighted by Gasteiger charge is 2.47. The van der Waals surface area contributed by atoms with Crippen LogP contribution in [0.4, 0.5) is 0 Å². The molecule has 4 heteroatoms. The molecule has 0 spiro atoms. The minimum Gasteiger partial charge on any atom is -0.461 e. The molecule has 78 valence electrons. The van der Waals surface area contributed by atoms with Crippen molar-refractivity contribution in [2.45, 2.75) is 18.5 Å². The molecule has 15 heavy (non-hydrogen) atoms. The third-order valence-corrected chi connectivity index (χ3v) is 2.60. The largest absolute Gasteiger partial charge is 0.461 e. The quantitative estimate of drug-likeness (QED) is 0.644. The lowest BCUT2D eigenvalue weighted by atomic mass is 10.2. The van der Waals surface area contributed by atoms with Crippen molar-refractivity contribution in [2.75, 3.05) is 6.61 Å². The van der Waals surface area contributed by atoms with Gasteiger partial charge in [-0.2, -0.15) is 0 Å². The lowest BCUT2D eigenvalue weighted by Gasteiger charge is -2.11. The molecule has 2 aliphatic rings. The minimum absolute atomic E-state index is 0.247. The average Bonchev–Trinajstić information content (AvgIpc) is 2.83. The zero-order valence-electron chi connectivity index (χ0n) is 7.96. The van der Waals surface area contributed by atoms with Gasteiger partial charge in [-0.15, -0.1) is 0 Å². The topological polar surface area (TPSA) is 44.8 Å². The van der Waals surface area contributed by atoms with E-state index in [1.54, 1.807) is 0 Å². The van der Waals surface area contributed by atoms with Crippen LogP contribution in [-0.2, 0) is 19.0 Å². The van der Waals surface area contributed by atoms with Crippen LogP contribution < -0.4 is 0 Å². The van der Waals surface area contributed by atoms with Crippen molar-refractivity contribution in [1.82, 2.24) is 0 Å². The summed E-state index contributed by atoms with van der Waals surface area (Å²) < 4.78 is 15.9. The van der Waals surface area contributed by atoms with E-state index in [1.807, 2.05) is 30.3 Å². The fraction of sp³-hybridized carbons (Fsp3) is 0.364. The first-order chi connectivity index (χ1) is 7.34. The molecule has 0 amide bonds. The van der Waals surface area contributed by atoms with Crippen LogP contribution in [0.5, 0.6) is 0 Å². The number of carbonyl (C=O) groups excluding carboxylic acids is 1. The summed E-state index contributed by atoms with van der Waals surface area (Å²) in [4.78, 5) is 11.2. The van der Waals surface area contributed by atoms with Crippen molar-refractivity contribution in [3.8, 4) is 0 Å². The Balaban J connectivity index is 1.80. The molecule has 1 aromatic rings. The van der Waals surface area contributed by atoms with Crippen molar-refractivity contribution in [2.24, 2.45) is 0 Å². The number of fused-ring (bicyclic) bond motifs is 1. The predicted molar refractivity (Wildman–Crippen MR) is 49.9 cm³/mol. The minimum atomic E-state index is -0.546. The van der Waals surface area contributed by atoms with Gasteiger partial charge in [0.2, 0.25) is 0 Å². The van der Waals surface area contributed by atoms with E-state index in [2.05, 4.69) is 0 Å². The number of cyclic esters (lactones) is 1. The summed E-state index contributed by atoms with van der Waals surface area (Å²) in [5.74, 6) is -0.321. The first-order valence-electron chi connectivity index (χ1n) is 4.87. The third kappa shape index (κ3) is 1.42. The highest BCUT2D eigenvalue weighted by molar-refractivity contribution is 5.77. The van der Waals surface area contributed by atoms with Gasteiger partial charge in [0.25, 0.3) is 0 Å². The number of rotatable bonds is 1. The second kappa shape index (κ2) is 3.32. The van der Waals surface area contributed by atoms with Gasteiger partial charge in [-0.3, -0.25) is 0 Å². The molecule has 0 aromatic heterocycles. The van der Waals surface area contributed by atoms with Crippen LogP contribution in [0.3, 0.4) is 0 Å². The predicted octanol–water partition coefficient (Wildman–Crippen LogP) is 1.03. The van der Waals surface area contributed by atoms with Gasteiger partial charge < -0.3 is 14.2 Å². The number of esters is 1.